The van der Waals surface area contributed by atoms with Crippen LogP contribution >= 0.6 is 0 Å². The molecule has 0 saturated heterocycles. The molecule has 0 radical (unpaired) electrons. The van der Waals surface area contributed by atoms with Crippen LogP contribution in [0.5, 0.6) is 0 Å². The zero-order valence-corrected chi connectivity index (χ0v) is 16.4. The Balaban J connectivity index is 1.92. The number of fused-ring (bicyclic) bond motifs is 1. The van der Waals surface area contributed by atoms with Crippen molar-refractivity contribution in [2.45, 2.75) is 17.6 Å². The molecule has 0 fully saturated rings. The predicted molar refractivity (Wildman–Crippen MR) is 108 cm³/mol. The van der Waals surface area contributed by atoms with Gasteiger partial charge < -0.3 is 5.73 Å². The molecule has 0 atom stereocenters. The molecule has 162 valence electrons. The van der Waals surface area contributed by atoms with Gasteiger partial charge >= 0.3 is 6.18 Å². The first-order valence-corrected chi connectivity index (χ1v) is 10.1. The minimum absolute atomic E-state index is 0.00964. The van der Waals surface area contributed by atoms with Gasteiger partial charge in [-0.3, -0.25) is 4.72 Å². The fraction of sp³-hybridized carbons (Fsp3) is 0.111. The normalized spacial score (nSPS) is 12.5. The summed E-state index contributed by atoms with van der Waals surface area (Å²) in [7, 11) is -4.17. The summed E-state index contributed by atoms with van der Waals surface area (Å²) in [4.78, 5) is 18.0. The van der Waals surface area contributed by atoms with E-state index in [1.165, 1.54) is 6.07 Å². The number of benzene rings is 2. The number of aromatic nitrogens is 1. The van der Waals surface area contributed by atoms with Gasteiger partial charge in [0.25, 0.3) is 10.0 Å². The summed E-state index contributed by atoms with van der Waals surface area (Å²) in [5, 5.41) is 3.00. The lowest BCUT2D eigenvalue weighted by Gasteiger charge is -2.12. The van der Waals surface area contributed by atoms with E-state index in [1.807, 2.05) is 5.43 Å². The molecule has 1 aromatic heterocycles. The summed E-state index contributed by atoms with van der Waals surface area (Å²) in [6, 6.07) is 11.2. The van der Waals surface area contributed by atoms with E-state index in [1.54, 1.807) is 24.3 Å². The number of halogens is 3. The second kappa shape index (κ2) is 8.55. The molecule has 3 rings (SSSR count). The van der Waals surface area contributed by atoms with E-state index in [2.05, 4.69) is 20.0 Å². The first kappa shape index (κ1) is 22.0. The molecule has 4 N–H and O–H groups in total. The number of pyridine rings is 1. The van der Waals surface area contributed by atoms with E-state index < -0.39 is 21.8 Å². The van der Waals surface area contributed by atoms with E-state index in [0.717, 1.165) is 12.1 Å². The topological polar surface area (TPSA) is 139 Å². The van der Waals surface area contributed by atoms with Crippen molar-refractivity contribution in [1.82, 2.24) is 10.4 Å². The second-order valence-electron chi connectivity index (χ2n) is 6.21. The number of rotatable bonds is 6. The zero-order chi connectivity index (χ0) is 22.6. The Kier molecular flexibility index (Phi) is 6.06. The van der Waals surface area contributed by atoms with E-state index in [9.17, 15) is 26.5 Å². The Labute approximate surface area is 174 Å². The maximum absolute atomic E-state index is 12.7. The summed E-state index contributed by atoms with van der Waals surface area (Å²) < 4.78 is 65.8. The van der Waals surface area contributed by atoms with Crippen LogP contribution in [0.3, 0.4) is 0 Å². The Hall–Kier alpha value is -3.74. The molecular weight excluding hydrogens is 437 g/mol. The Morgan fingerprint density at radius 3 is 2.42 bits per heavy atom. The number of nitrogens with zero attached hydrogens (tertiary/aromatic N) is 3. The number of aliphatic imine (C=N–C) groups is 1. The van der Waals surface area contributed by atoms with E-state index in [4.69, 9.17) is 5.73 Å². The van der Waals surface area contributed by atoms with Crippen LogP contribution in [0.4, 0.5) is 18.9 Å². The standard InChI is InChI=1S/C18H15F3N6O3S/c19-18(20,21)12-5-8-14(9-6-12)31(29,30)26-15-3-1-2-11-4-7-13(24-16(11)15)10-23-17(22)25-27-28/h1-9,26H,10H2,(H3,22,23,25,28). The first-order chi connectivity index (χ1) is 14.6. The number of nitrogens with one attached hydrogen (secondary N) is 2. The summed E-state index contributed by atoms with van der Waals surface area (Å²) in [6.07, 6.45) is -4.57. The third-order valence-corrected chi connectivity index (χ3v) is 5.47. The number of para-hydroxylation sites is 1. The average Bonchev–Trinajstić information content (AvgIpc) is 2.72. The third-order valence-electron chi connectivity index (χ3n) is 4.09. The maximum Gasteiger partial charge on any atom is 0.416 e. The van der Waals surface area contributed by atoms with Gasteiger partial charge in [-0.2, -0.15) is 13.2 Å². The second-order valence-corrected chi connectivity index (χ2v) is 7.89. The van der Waals surface area contributed by atoms with Gasteiger partial charge in [-0.15, -0.1) is 4.91 Å². The fourth-order valence-corrected chi connectivity index (χ4v) is 3.70. The predicted octanol–water partition coefficient (Wildman–Crippen LogP) is 3.14. The highest BCUT2D eigenvalue weighted by Crippen LogP contribution is 2.30. The van der Waals surface area contributed by atoms with Gasteiger partial charge in [0, 0.05) is 5.39 Å². The molecule has 0 aliphatic rings. The molecule has 0 unspecified atom stereocenters. The first-order valence-electron chi connectivity index (χ1n) is 8.57. The fourth-order valence-electron chi connectivity index (χ4n) is 2.63. The van der Waals surface area contributed by atoms with Crippen molar-refractivity contribution >= 4 is 32.6 Å². The molecule has 3 aromatic rings. The van der Waals surface area contributed by atoms with Gasteiger partial charge in [-0.1, -0.05) is 18.2 Å². The number of hydrogen-bond donors (Lipinski definition) is 3. The summed E-state index contributed by atoms with van der Waals surface area (Å²) in [5.41, 5.74) is 7.24. The number of anilines is 1. The van der Waals surface area contributed by atoms with Crippen molar-refractivity contribution in [2.24, 2.45) is 16.0 Å². The number of sulfonamides is 1. The molecule has 0 amide bonds. The van der Waals surface area contributed by atoms with Crippen LogP contribution in [-0.2, 0) is 22.7 Å². The smallest absolute Gasteiger partial charge is 0.368 e. The van der Waals surface area contributed by atoms with Gasteiger partial charge in [0.15, 0.2) is 0 Å². The van der Waals surface area contributed by atoms with Crippen LogP contribution < -0.4 is 15.9 Å². The van der Waals surface area contributed by atoms with E-state index in [0.29, 0.717) is 28.7 Å². The van der Waals surface area contributed by atoms with Gasteiger partial charge in [0.1, 0.15) is 0 Å². The van der Waals surface area contributed by atoms with Crippen molar-refractivity contribution in [3.05, 3.63) is 70.8 Å². The number of alkyl halides is 3. The van der Waals surface area contributed by atoms with Crippen LogP contribution in [0.15, 0.2) is 69.8 Å². The average molecular weight is 452 g/mol. The Bertz CT molecular complexity index is 1240. The SMILES string of the molecule is NC(=NCc1ccc2cccc(NS(=O)(=O)c3ccc(C(F)(F)F)cc3)c2n1)NN=O. The number of nitrogens with two attached hydrogens (primary N) is 1. The Morgan fingerprint density at radius 2 is 1.77 bits per heavy atom. The number of guanidine groups is 1. The minimum atomic E-state index is -4.57. The monoisotopic (exact) mass is 452 g/mol. The Morgan fingerprint density at radius 1 is 1.06 bits per heavy atom. The molecule has 31 heavy (non-hydrogen) atoms. The van der Waals surface area contributed by atoms with E-state index >= 15 is 0 Å². The van der Waals surface area contributed by atoms with Crippen molar-refractivity contribution in [2.75, 3.05) is 4.72 Å². The van der Waals surface area contributed by atoms with Crippen molar-refractivity contribution in [3.8, 4) is 0 Å². The van der Waals surface area contributed by atoms with Crippen LogP contribution in [0.1, 0.15) is 11.3 Å². The molecular formula is C18H15F3N6O3S. The minimum Gasteiger partial charge on any atom is -0.368 e. The lowest BCUT2D eigenvalue weighted by molar-refractivity contribution is -0.137. The highest BCUT2D eigenvalue weighted by atomic mass is 32.2. The number of nitroso groups, excluding NO2 is 1. The van der Waals surface area contributed by atoms with Gasteiger partial charge in [0.05, 0.1) is 39.2 Å². The van der Waals surface area contributed by atoms with Gasteiger partial charge in [-0.05, 0) is 36.4 Å². The summed E-state index contributed by atoms with van der Waals surface area (Å²) in [5.74, 6) is -0.215. The molecule has 0 aliphatic heterocycles. The summed E-state index contributed by atoms with van der Waals surface area (Å²) in [6.45, 7) is -0.00964. The van der Waals surface area contributed by atoms with Crippen molar-refractivity contribution in [1.29, 1.82) is 0 Å². The highest BCUT2D eigenvalue weighted by Gasteiger charge is 2.30. The summed E-state index contributed by atoms with van der Waals surface area (Å²) >= 11 is 0. The quantitative estimate of drug-likeness (QED) is 0.227. The molecule has 2 aromatic carbocycles. The van der Waals surface area contributed by atoms with Crippen molar-refractivity contribution in [3.63, 3.8) is 0 Å². The lowest BCUT2D eigenvalue weighted by atomic mass is 10.2. The molecule has 13 heteroatoms. The largest absolute Gasteiger partial charge is 0.416 e. The maximum atomic E-state index is 12.7. The van der Waals surface area contributed by atoms with E-state index in [-0.39, 0.29) is 23.1 Å². The van der Waals surface area contributed by atoms with Gasteiger partial charge in [-0.25, -0.2) is 23.8 Å². The molecule has 0 bridgehead atoms. The zero-order valence-electron chi connectivity index (χ0n) is 15.6. The third kappa shape index (κ3) is 5.25. The molecule has 0 aliphatic carbocycles. The molecule has 9 nitrogen and oxygen atoms in total. The van der Waals surface area contributed by atoms with Crippen LogP contribution in [-0.4, -0.2) is 19.4 Å². The lowest BCUT2D eigenvalue weighted by Crippen LogP contribution is -2.26. The molecule has 1 heterocycles. The van der Waals surface area contributed by atoms with Crippen LogP contribution in [0, 0.1) is 4.91 Å². The van der Waals surface area contributed by atoms with Crippen LogP contribution in [0.2, 0.25) is 0 Å². The van der Waals surface area contributed by atoms with Gasteiger partial charge in [0.2, 0.25) is 5.96 Å². The van der Waals surface area contributed by atoms with Crippen molar-refractivity contribution < 1.29 is 21.6 Å². The number of hydrogen-bond acceptors (Lipinski definition) is 6. The molecule has 0 saturated carbocycles. The van der Waals surface area contributed by atoms with Crippen LogP contribution in [0.25, 0.3) is 10.9 Å². The highest BCUT2D eigenvalue weighted by molar-refractivity contribution is 7.92. The molecule has 0 spiro atoms.